The second kappa shape index (κ2) is 23.6. The van der Waals surface area contributed by atoms with E-state index < -0.39 is 12.2 Å². The Morgan fingerprint density at radius 3 is 2.24 bits per heavy atom. The van der Waals surface area contributed by atoms with Crippen molar-refractivity contribution in [3.63, 3.8) is 0 Å². The van der Waals surface area contributed by atoms with Crippen LogP contribution in [0.5, 0.6) is 5.75 Å². The minimum absolute atomic E-state index is 0.0674. The lowest BCUT2D eigenvalue weighted by molar-refractivity contribution is -0.492. The number of benzene rings is 1. The standard InChI is InChI=1S/C35H55NO10/c1-2-3-4-5-8-13-28(37)19-22-31-30(32(38)26-33(31)39)14-9-6-7-10-16-35(41)46-29-20-17-27(18-21-29)23-25-44-34(40)15-11-12-24-45-36(42)43/h6,9,17-18,20-21,30-33,38-39,42-43H,2-5,7-8,10-16,19,22-26H2,1H3/b9-6-/t30-,31-,32+,33-/m1/s1. The number of ether oxygens (including phenoxy) is 2. The van der Waals surface area contributed by atoms with Gasteiger partial charge in [0.1, 0.15) is 11.5 Å². The molecule has 1 aromatic carbocycles. The van der Waals surface area contributed by atoms with Gasteiger partial charge < -0.3 is 19.7 Å². The molecule has 0 heterocycles. The Labute approximate surface area is 273 Å². The number of rotatable bonds is 25. The Balaban J connectivity index is 1.59. The molecule has 1 saturated carbocycles. The summed E-state index contributed by atoms with van der Waals surface area (Å²) >= 11 is 0. The molecule has 0 aromatic heterocycles. The Bertz CT molecular complexity index is 1030. The van der Waals surface area contributed by atoms with Crippen LogP contribution in [-0.2, 0) is 30.4 Å². The van der Waals surface area contributed by atoms with E-state index in [0.717, 1.165) is 18.4 Å². The fourth-order valence-electron chi connectivity index (χ4n) is 5.80. The quantitative estimate of drug-likeness (QED) is 0.0321. The summed E-state index contributed by atoms with van der Waals surface area (Å²) in [5, 5.41) is 37.5. The van der Waals surface area contributed by atoms with Crippen molar-refractivity contribution in [2.45, 2.75) is 128 Å². The number of allylic oxidation sites excluding steroid dienone is 2. The fraction of sp³-hybridized carbons (Fsp3) is 0.686. The molecule has 11 nitrogen and oxygen atoms in total. The van der Waals surface area contributed by atoms with Gasteiger partial charge in [-0.05, 0) is 80.9 Å². The zero-order valence-electron chi connectivity index (χ0n) is 27.4. The van der Waals surface area contributed by atoms with Gasteiger partial charge in [0.05, 0.1) is 30.8 Å². The van der Waals surface area contributed by atoms with Crippen LogP contribution in [0.2, 0.25) is 0 Å². The molecule has 11 heteroatoms. The maximum absolute atomic E-state index is 12.3. The summed E-state index contributed by atoms with van der Waals surface area (Å²) < 4.78 is 10.6. The van der Waals surface area contributed by atoms with Gasteiger partial charge in [-0.1, -0.05) is 56.9 Å². The topological polar surface area (TPSA) is 163 Å². The van der Waals surface area contributed by atoms with E-state index in [9.17, 15) is 24.6 Å². The van der Waals surface area contributed by atoms with Gasteiger partial charge in [-0.2, -0.15) is 0 Å². The van der Waals surface area contributed by atoms with Crippen LogP contribution >= 0.6 is 0 Å². The number of esters is 2. The summed E-state index contributed by atoms with van der Waals surface area (Å²) in [6.45, 7) is 2.48. The molecule has 2 rings (SSSR count). The Hall–Kier alpha value is -2.67. The maximum atomic E-state index is 12.3. The first-order valence-corrected chi connectivity index (χ1v) is 17.0. The zero-order valence-corrected chi connectivity index (χ0v) is 27.4. The number of carbonyl (C=O) groups is 3. The highest BCUT2D eigenvalue weighted by Gasteiger charge is 2.40. The molecule has 0 unspecified atom stereocenters. The van der Waals surface area contributed by atoms with Gasteiger partial charge in [0, 0.05) is 32.1 Å². The van der Waals surface area contributed by atoms with Gasteiger partial charge in [-0.15, -0.1) is 0 Å². The highest BCUT2D eigenvalue weighted by atomic mass is 17.1. The molecule has 0 bridgehead atoms. The number of hydrogen-bond donors (Lipinski definition) is 4. The lowest BCUT2D eigenvalue weighted by Gasteiger charge is -2.22. The fourth-order valence-corrected chi connectivity index (χ4v) is 5.80. The van der Waals surface area contributed by atoms with Gasteiger partial charge >= 0.3 is 11.9 Å². The molecule has 0 aliphatic heterocycles. The van der Waals surface area contributed by atoms with Crippen LogP contribution in [0.1, 0.15) is 115 Å². The van der Waals surface area contributed by atoms with Gasteiger partial charge in [0.2, 0.25) is 0 Å². The van der Waals surface area contributed by atoms with E-state index in [2.05, 4.69) is 11.8 Å². The molecule has 0 amide bonds. The van der Waals surface area contributed by atoms with Crippen LogP contribution in [0.3, 0.4) is 0 Å². The first-order chi connectivity index (χ1) is 22.2. The Morgan fingerprint density at radius 2 is 1.50 bits per heavy atom. The molecular weight excluding hydrogens is 594 g/mol. The van der Waals surface area contributed by atoms with E-state index in [0.29, 0.717) is 70.0 Å². The molecule has 0 spiro atoms. The first-order valence-electron chi connectivity index (χ1n) is 17.0. The van der Waals surface area contributed by atoms with Crippen molar-refractivity contribution < 1.29 is 49.3 Å². The molecule has 0 saturated heterocycles. The molecular formula is C35H55NO10. The molecule has 1 aromatic rings. The van der Waals surface area contributed by atoms with E-state index >= 15 is 0 Å². The molecule has 0 radical (unpaired) electrons. The highest BCUT2D eigenvalue weighted by molar-refractivity contribution is 5.78. The number of ketones is 1. The summed E-state index contributed by atoms with van der Waals surface area (Å²) in [6, 6.07) is 7.05. The van der Waals surface area contributed by atoms with Crippen molar-refractivity contribution in [2.75, 3.05) is 13.2 Å². The van der Waals surface area contributed by atoms with Crippen molar-refractivity contribution in [3.8, 4) is 5.75 Å². The summed E-state index contributed by atoms with van der Waals surface area (Å²) in [5.74, 6) is -0.111. The lowest BCUT2D eigenvalue weighted by Crippen LogP contribution is -2.22. The molecule has 1 aliphatic rings. The molecule has 1 fully saturated rings. The summed E-state index contributed by atoms with van der Waals surface area (Å²) in [6.07, 6.45) is 14.4. The number of hydrogen-bond acceptors (Lipinski definition) is 11. The maximum Gasteiger partial charge on any atom is 0.311 e. The Kier molecular flexibility index (Phi) is 20.3. The first kappa shape index (κ1) is 39.5. The zero-order chi connectivity index (χ0) is 33.6. The van der Waals surface area contributed by atoms with Crippen LogP contribution in [0.4, 0.5) is 0 Å². The lowest BCUT2D eigenvalue weighted by atomic mass is 9.86. The number of unbranched alkanes of at least 4 members (excludes halogenated alkanes) is 6. The summed E-state index contributed by atoms with van der Waals surface area (Å²) in [5.41, 5.74) is 0.934. The number of aliphatic hydroxyl groups is 2. The average molecular weight is 650 g/mol. The second-order valence-electron chi connectivity index (χ2n) is 12.2. The van der Waals surface area contributed by atoms with Crippen LogP contribution in [-0.4, -0.2) is 69.2 Å². The third-order valence-corrected chi connectivity index (χ3v) is 8.45. The highest BCUT2D eigenvalue weighted by Crippen LogP contribution is 2.38. The van der Waals surface area contributed by atoms with Crippen molar-refractivity contribution in [1.29, 1.82) is 0 Å². The van der Waals surface area contributed by atoms with Crippen molar-refractivity contribution in [3.05, 3.63) is 42.0 Å². The molecule has 46 heavy (non-hydrogen) atoms. The van der Waals surface area contributed by atoms with E-state index in [1.54, 1.807) is 12.1 Å². The van der Waals surface area contributed by atoms with Gasteiger partial charge in [-0.3, -0.25) is 29.6 Å². The van der Waals surface area contributed by atoms with Crippen molar-refractivity contribution >= 4 is 17.7 Å². The minimum Gasteiger partial charge on any atom is -0.465 e. The van der Waals surface area contributed by atoms with E-state index in [4.69, 9.17) is 19.9 Å². The average Bonchev–Trinajstić information content (AvgIpc) is 3.29. The van der Waals surface area contributed by atoms with Gasteiger partial charge in [-0.25, -0.2) is 0 Å². The number of nitrogens with zero attached hydrogens (tertiary/aromatic N) is 1. The van der Waals surface area contributed by atoms with Gasteiger partial charge in [0.25, 0.3) is 0 Å². The van der Waals surface area contributed by atoms with Crippen molar-refractivity contribution in [1.82, 2.24) is 5.39 Å². The third kappa shape index (κ3) is 17.3. The molecule has 1 aliphatic carbocycles. The monoisotopic (exact) mass is 649 g/mol. The number of Topliss-reactive ketones (excluding diaryl/α,β-unsaturated/α-hetero) is 1. The van der Waals surface area contributed by atoms with Crippen LogP contribution in [0.25, 0.3) is 0 Å². The van der Waals surface area contributed by atoms with Crippen molar-refractivity contribution in [2.24, 2.45) is 11.8 Å². The molecule has 260 valence electrons. The second-order valence-corrected chi connectivity index (χ2v) is 12.2. The smallest absolute Gasteiger partial charge is 0.311 e. The predicted molar refractivity (Wildman–Crippen MR) is 171 cm³/mol. The van der Waals surface area contributed by atoms with E-state index in [-0.39, 0.29) is 61.0 Å². The molecule has 4 atom stereocenters. The minimum atomic E-state index is -0.580. The Morgan fingerprint density at radius 1 is 0.804 bits per heavy atom. The van der Waals surface area contributed by atoms with E-state index in [1.807, 2.05) is 24.3 Å². The predicted octanol–water partition coefficient (Wildman–Crippen LogP) is 6.04. The largest absolute Gasteiger partial charge is 0.465 e. The number of carbonyl (C=O) groups excluding carboxylic acids is 3. The van der Waals surface area contributed by atoms with E-state index in [1.165, 1.54) is 19.3 Å². The van der Waals surface area contributed by atoms with Crippen LogP contribution in [0.15, 0.2) is 36.4 Å². The SMILES string of the molecule is CCCCCCCC(=O)CC[C@@H]1[C@@H](C/C=C\CCCC(=O)Oc2ccc(CCOC(=O)CCCCON(O)O)cc2)[C@@H](O)C[C@H]1O. The normalized spacial score (nSPS) is 19.6. The van der Waals surface area contributed by atoms with Crippen LogP contribution < -0.4 is 4.74 Å². The number of aliphatic hydroxyl groups excluding tert-OH is 2. The summed E-state index contributed by atoms with van der Waals surface area (Å²) in [7, 11) is 0. The van der Waals surface area contributed by atoms with Gasteiger partial charge in [0.15, 0.2) is 0 Å². The van der Waals surface area contributed by atoms with Crippen LogP contribution in [0, 0.1) is 11.8 Å². The summed E-state index contributed by atoms with van der Waals surface area (Å²) in [4.78, 5) is 40.8. The molecule has 4 N–H and O–H groups in total. The third-order valence-electron chi connectivity index (χ3n) is 8.45.